The van der Waals surface area contributed by atoms with Crippen LogP contribution in [0.15, 0.2) is 35.3 Å². The van der Waals surface area contributed by atoms with E-state index in [0.717, 1.165) is 25.5 Å². The van der Waals surface area contributed by atoms with Gasteiger partial charge < -0.3 is 10.2 Å². The number of halogens is 1. The summed E-state index contributed by atoms with van der Waals surface area (Å²) in [6.07, 6.45) is 3.06. The van der Waals surface area contributed by atoms with Crippen molar-refractivity contribution in [1.82, 2.24) is 10.2 Å². The van der Waals surface area contributed by atoms with E-state index in [4.69, 9.17) is 0 Å². The maximum absolute atomic E-state index is 11.4. The van der Waals surface area contributed by atoms with Gasteiger partial charge in [-0.15, -0.1) is 24.0 Å². The first kappa shape index (κ1) is 23.2. The number of aliphatic imine (C=N–C) groups is 1. The van der Waals surface area contributed by atoms with Gasteiger partial charge >= 0.3 is 0 Å². The second kappa shape index (κ2) is 9.92. The van der Waals surface area contributed by atoms with Gasteiger partial charge in [0.05, 0.1) is 5.75 Å². The fraction of sp³-hybridized carbons (Fsp3) is 0.632. The second-order valence-electron chi connectivity index (χ2n) is 7.79. The van der Waals surface area contributed by atoms with Crippen molar-refractivity contribution in [3.8, 4) is 0 Å². The summed E-state index contributed by atoms with van der Waals surface area (Å²) in [6.45, 7) is 6.85. The lowest BCUT2D eigenvalue weighted by molar-refractivity contribution is 0.341. The normalized spacial score (nSPS) is 18.5. The Morgan fingerprint density at radius 3 is 2.54 bits per heavy atom. The van der Waals surface area contributed by atoms with Gasteiger partial charge in [0.25, 0.3) is 0 Å². The van der Waals surface area contributed by atoms with Crippen molar-refractivity contribution in [3.05, 3.63) is 35.9 Å². The van der Waals surface area contributed by atoms with E-state index in [9.17, 15) is 8.42 Å². The van der Waals surface area contributed by atoms with Crippen LogP contribution in [0.3, 0.4) is 0 Å². The fourth-order valence-corrected chi connectivity index (χ4v) is 4.07. The molecule has 148 valence electrons. The Morgan fingerprint density at radius 1 is 1.31 bits per heavy atom. The summed E-state index contributed by atoms with van der Waals surface area (Å²) in [5.41, 5.74) is 1.28. The Morgan fingerprint density at radius 2 is 1.96 bits per heavy atom. The Kier molecular flexibility index (Phi) is 8.85. The van der Waals surface area contributed by atoms with E-state index in [1.807, 2.05) is 7.05 Å². The molecule has 5 nitrogen and oxygen atoms in total. The zero-order valence-electron chi connectivity index (χ0n) is 16.2. The smallest absolute Gasteiger partial charge is 0.193 e. The number of nitrogens with one attached hydrogen (secondary N) is 1. The molecule has 0 radical (unpaired) electrons. The molecule has 0 spiro atoms. The van der Waals surface area contributed by atoms with Gasteiger partial charge in [-0.1, -0.05) is 44.2 Å². The summed E-state index contributed by atoms with van der Waals surface area (Å²) in [5.74, 6) is 1.67. The average molecular weight is 493 g/mol. The number of rotatable bonds is 6. The molecule has 0 saturated carbocycles. The summed E-state index contributed by atoms with van der Waals surface area (Å²) < 4.78 is 22.8. The Bertz CT molecular complexity index is 690. The minimum atomic E-state index is -2.92. The molecule has 0 amide bonds. The van der Waals surface area contributed by atoms with Gasteiger partial charge in [-0.25, -0.2) is 8.42 Å². The summed E-state index contributed by atoms with van der Waals surface area (Å²) in [4.78, 5) is 6.72. The van der Waals surface area contributed by atoms with Gasteiger partial charge in [0, 0.05) is 38.9 Å². The molecule has 1 fully saturated rings. The topological polar surface area (TPSA) is 61.8 Å². The van der Waals surface area contributed by atoms with E-state index in [0.29, 0.717) is 18.9 Å². The van der Waals surface area contributed by atoms with Crippen LogP contribution in [-0.4, -0.2) is 58.0 Å². The number of guanidine groups is 1. The average Bonchev–Trinajstić information content (AvgIpc) is 3.04. The third-order valence-electron chi connectivity index (χ3n) is 4.85. The molecular weight excluding hydrogens is 461 g/mol. The molecule has 7 heteroatoms. The van der Waals surface area contributed by atoms with Gasteiger partial charge in [-0.05, 0) is 23.8 Å². The molecule has 1 aliphatic rings. The number of likely N-dealkylation sites (tertiary alicyclic amines) is 1. The molecule has 1 heterocycles. The minimum absolute atomic E-state index is 0. The van der Waals surface area contributed by atoms with Crippen molar-refractivity contribution >= 4 is 39.8 Å². The highest BCUT2D eigenvalue weighted by molar-refractivity contribution is 14.0. The molecular formula is C19H32IN3O2S. The molecule has 1 aromatic rings. The maximum Gasteiger partial charge on any atom is 0.193 e. The van der Waals surface area contributed by atoms with E-state index < -0.39 is 9.84 Å². The minimum Gasteiger partial charge on any atom is -0.356 e. The molecule has 2 rings (SSSR count). The van der Waals surface area contributed by atoms with E-state index in [-0.39, 0.29) is 35.1 Å². The largest absolute Gasteiger partial charge is 0.356 e. The first-order chi connectivity index (χ1) is 11.7. The van der Waals surface area contributed by atoms with Crippen molar-refractivity contribution in [2.24, 2.45) is 10.4 Å². The van der Waals surface area contributed by atoms with Crippen LogP contribution in [0.4, 0.5) is 0 Å². The number of hydrogen-bond acceptors (Lipinski definition) is 3. The molecule has 1 saturated heterocycles. The van der Waals surface area contributed by atoms with Crippen LogP contribution in [0.25, 0.3) is 0 Å². The molecule has 1 aromatic carbocycles. The van der Waals surface area contributed by atoms with Gasteiger partial charge in [0.15, 0.2) is 5.96 Å². The molecule has 1 aliphatic heterocycles. The quantitative estimate of drug-likeness (QED) is 0.376. The molecule has 0 bridgehead atoms. The molecule has 1 unspecified atom stereocenters. The predicted molar refractivity (Wildman–Crippen MR) is 120 cm³/mol. The Labute approximate surface area is 175 Å². The third kappa shape index (κ3) is 7.42. The van der Waals surface area contributed by atoms with Crippen LogP contribution in [-0.2, 0) is 9.84 Å². The summed E-state index contributed by atoms with van der Waals surface area (Å²) >= 11 is 0. The highest BCUT2D eigenvalue weighted by Gasteiger charge is 2.27. The lowest BCUT2D eigenvalue weighted by Crippen LogP contribution is -2.44. The zero-order chi connectivity index (χ0) is 18.5. The highest BCUT2D eigenvalue weighted by atomic mass is 127. The fourth-order valence-electron chi connectivity index (χ4n) is 3.15. The van der Waals surface area contributed by atoms with Crippen molar-refractivity contribution in [1.29, 1.82) is 0 Å². The van der Waals surface area contributed by atoms with Crippen molar-refractivity contribution in [3.63, 3.8) is 0 Å². The van der Waals surface area contributed by atoms with Crippen molar-refractivity contribution < 1.29 is 8.42 Å². The lowest BCUT2D eigenvalue weighted by Gasteiger charge is -2.28. The van der Waals surface area contributed by atoms with Crippen LogP contribution in [0, 0.1) is 5.41 Å². The molecule has 1 atom stereocenters. The van der Waals surface area contributed by atoms with Crippen LogP contribution >= 0.6 is 24.0 Å². The molecule has 1 N–H and O–H groups in total. The van der Waals surface area contributed by atoms with Gasteiger partial charge in [-0.2, -0.15) is 0 Å². The molecule has 0 aliphatic carbocycles. The van der Waals surface area contributed by atoms with E-state index in [2.05, 4.69) is 59.4 Å². The van der Waals surface area contributed by atoms with Gasteiger partial charge in [0.2, 0.25) is 0 Å². The first-order valence-corrected chi connectivity index (χ1v) is 10.9. The second-order valence-corrected chi connectivity index (χ2v) is 10.0. The summed E-state index contributed by atoms with van der Waals surface area (Å²) in [7, 11) is -1.12. The number of nitrogens with zero attached hydrogens (tertiary/aromatic N) is 2. The number of benzene rings is 1. The lowest BCUT2D eigenvalue weighted by atomic mass is 9.90. The van der Waals surface area contributed by atoms with Crippen molar-refractivity contribution in [2.75, 3.05) is 38.7 Å². The van der Waals surface area contributed by atoms with Crippen LogP contribution in [0.1, 0.15) is 38.2 Å². The van der Waals surface area contributed by atoms with E-state index in [1.165, 1.54) is 11.8 Å². The summed E-state index contributed by atoms with van der Waals surface area (Å²) in [6, 6.07) is 10.6. The summed E-state index contributed by atoms with van der Waals surface area (Å²) in [5, 5.41) is 3.44. The predicted octanol–water partition coefficient (Wildman–Crippen LogP) is 3.13. The monoisotopic (exact) mass is 493 g/mol. The molecule has 0 aromatic heterocycles. The van der Waals surface area contributed by atoms with E-state index in [1.54, 1.807) is 0 Å². The van der Waals surface area contributed by atoms with E-state index >= 15 is 0 Å². The zero-order valence-corrected chi connectivity index (χ0v) is 19.4. The van der Waals surface area contributed by atoms with Gasteiger partial charge in [0.1, 0.15) is 9.84 Å². The highest BCUT2D eigenvalue weighted by Crippen LogP contribution is 2.27. The maximum atomic E-state index is 11.4. The number of sulfone groups is 1. The SMILES string of the molecule is CN=C(NCC(C)(C)CCS(C)(=O)=O)N1CCC(c2ccccc2)C1.I. The standard InChI is InChI=1S/C19H31N3O2S.HI/c1-19(2,11-13-25(4,23)24)15-21-18(20-3)22-12-10-17(14-22)16-8-6-5-7-9-16;/h5-9,17H,10-15H2,1-4H3,(H,20,21);1H. The van der Waals surface area contributed by atoms with Crippen LogP contribution < -0.4 is 5.32 Å². The first-order valence-electron chi connectivity index (χ1n) is 8.88. The third-order valence-corrected chi connectivity index (χ3v) is 5.79. The van der Waals surface area contributed by atoms with Crippen molar-refractivity contribution in [2.45, 2.75) is 32.6 Å². The van der Waals surface area contributed by atoms with Crippen LogP contribution in [0.5, 0.6) is 0 Å². The number of hydrogen-bond donors (Lipinski definition) is 1. The van der Waals surface area contributed by atoms with Crippen LogP contribution in [0.2, 0.25) is 0 Å². The Hall–Kier alpha value is -0.830. The molecule has 26 heavy (non-hydrogen) atoms. The Balaban J connectivity index is 0.00000338. The van der Waals surface area contributed by atoms with Gasteiger partial charge in [-0.3, -0.25) is 4.99 Å².